The maximum Gasteiger partial charge on any atom is 0.145 e. The Bertz CT molecular complexity index is 866. The number of aryl methyl sites for hydroxylation is 4. The smallest absolute Gasteiger partial charge is 0.145 e. The summed E-state index contributed by atoms with van der Waals surface area (Å²) in [6.07, 6.45) is 4.03. The van der Waals surface area contributed by atoms with Gasteiger partial charge in [0.25, 0.3) is 0 Å². The van der Waals surface area contributed by atoms with Crippen LogP contribution in [-0.4, -0.2) is 16.5 Å². The zero-order valence-corrected chi connectivity index (χ0v) is 14.0. The van der Waals surface area contributed by atoms with Crippen LogP contribution in [-0.2, 0) is 6.42 Å². The topological polar surface area (TPSA) is 29.0 Å². The lowest BCUT2D eigenvalue weighted by atomic mass is 9.99. The van der Waals surface area contributed by atoms with E-state index in [1.165, 1.54) is 39.1 Å². The summed E-state index contributed by atoms with van der Waals surface area (Å²) < 4.78 is 0. The van der Waals surface area contributed by atoms with Crippen LogP contribution in [0.4, 0.5) is 11.5 Å². The third-order valence-corrected chi connectivity index (χ3v) is 5.67. The lowest BCUT2D eigenvalue weighted by Crippen LogP contribution is -2.25. The highest BCUT2D eigenvalue weighted by Crippen LogP contribution is 2.39. The second-order valence-corrected chi connectivity index (χ2v) is 7.25. The Kier molecular flexibility index (Phi) is 3.15. The number of aromatic nitrogens is 2. The summed E-state index contributed by atoms with van der Waals surface area (Å²) in [6.45, 7) is 7.53. The second kappa shape index (κ2) is 5.06. The van der Waals surface area contributed by atoms with Crippen molar-refractivity contribution < 1.29 is 0 Å². The third kappa shape index (κ3) is 2.02. The van der Waals surface area contributed by atoms with Crippen LogP contribution in [0.2, 0.25) is 0 Å². The molecule has 0 amide bonds. The first-order valence-corrected chi connectivity index (χ1v) is 8.54. The minimum atomic E-state index is 1.02. The monoisotopic (exact) mass is 309 g/mol. The third-order valence-electron chi connectivity index (χ3n) is 4.55. The Balaban J connectivity index is 1.94. The van der Waals surface area contributed by atoms with E-state index in [0.29, 0.717) is 0 Å². The molecule has 0 bridgehead atoms. The lowest BCUT2D eigenvalue weighted by molar-refractivity contribution is 0.760. The average Bonchev–Trinajstić information content (AvgIpc) is 2.81. The molecule has 112 valence electrons. The van der Waals surface area contributed by atoms with Gasteiger partial charge < -0.3 is 4.90 Å². The molecule has 0 spiro atoms. The maximum atomic E-state index is 4.65. The molecule has 2 aromatic heterocycles. The fraction of sp³-hybridized carbons (Fsp3) is 0.333. The second-order valence-electron chi connectivity index (χ2n) is 6.05. The van der Waals surface area contributed by atoms with E-state index in [9.17, 15) is 0 Å². The maximum absolute atomic E-state index is 4.65. The zero-order valence-electron chi connectivity index (χ0n) is 13.2. The van der Waals surface area contributed by atoms with Crippen molar-refractivity contribution in [3.63, 3.8) is 0 Å². The number of anilines is 2. The first-order valence-electron chi connectivity index (χ1n) is 7.73. The lowest BCUT2D eigenvalue weighted by Gasteiger charge is -2.31. The molecule has 0 unspecified atom stereocenters. The zero-order chi connectivity index (χ0) is 15.3. The molecule has 0 radical (unpaired) electrons. The van der Waals surface area contributed by atoms with Crippen LogP contribution in [0.15, 0.2) is 24.5 Å². The fourth-order valence-electron chi connectivity index (χ4n) is 3.31. The molecule has 0 aliphatic carbocycles. The van der Waals surface area contributed by atoms with Gasteiger partial charge in [-0.15, -0.1) is 11.3 Å². The van der Waals surface area contributed by atoms with E-state index in [0.717, 1.165) is 23.6 Å². The predicted molar refractivity (Wildman–Crippen MR) is 93.4 cm³/mol. The highest BCUT2D eigenvalue weighted by atomic mass is 32.1. The van der Waals surface area contributed by atoms with Gasteiger partial charge in [-0.1, -0.05) is 17.7 Å². The molecular formula is C18H19N3S. The summed E-state index contributed by atoms with van der Waals surface area (Å²) in [5.74, 6) is 1.07. The van der Waals surface area contributed by atoms with Crippen molar-refractivity contribution in [2.75, 3.05) is 11.4 Å². The fourth-order valence-corrected chi connectivity index (χ4v) is 4.31. The van der Waals surface area contributed by atoms with Crippen LogP contribution in [0.3, 0.4) is 0 Å². The first-order chi connectivity index (χ1) is 10.6. The summed E-state index contributed by atoms with van der Waals surface area (Å²) in [4.78, 5) is 13.9. The molecule has 3 aromatic rings. The Labute approximate surface area is 134 Å². The predicted octanol–water partition coefficient (Wildman–Crippen LogP) is 4.70. The van der Waals surface area contributed by atoms with Crippen molar-refractivity contribution in [2.45, 2.75) is 33.6 Å². The van der Waals surface area contributed by atoms with E-state index < -0.39 is 0 Å². The summed E-state index contributed by atoms with van der Waals surface area (Å²) in [5, 5.41) is 1.22. The van der Waals surface area contributed by atoms with Crippen molar-refractivity contribution in [1.29, 1.82) is 0 Å². The van der Waals surface area contributed by atoms with Crippen LogP contribution < -0.4 is 4.90 Å². The molecule has 0 saturated carbocycles. The summed E-state index contributed by atoms with van der Waals surface area (Å²) >= 11 is 1.76. The van der Waals surface area contributed by atoms with Crippen LogP contribution >= 0.6 is 11.3 Å². The Hall–Kier alpha value is -1.94. The van der Waals surface area contributed by atoms with Gasteiger partial charge >= 0.3 is 0 Å². The minimum Gasteiger partial charge on any atom is -0.325 e. The van der Waals surface area contributed by atoms with E-state index >= 15 is 0 Å². The van der Waals surface area contributed by atoms with Gasteiger partial charge in [-0.25, -0.2) is 9.97 Å². The molecule has 1 aliphatic heterocycles. The quantitative estimate of drug-likeness (QED) is 0.652. The number of hydrogen-bond acceptors (Lipinski definition) is 4. The van der Waals surface area contributed by atoms with Crippen molar-refractivity contribution >= 4 is 33.1 Å². The molecule has 1 aromatic carbocycles. The normalized spacial score (nSPS) is 14.4. The molecular weight excluding hydrogens is 290 g/mol. The Morgan fingerprint density at radius 3 is 2.86 bits per heavy atom. The van der Waals surface area contributed by atoms with Gasteiger partial charge in [0.05, 0.1) is 5.39 Å². The van der Waals surface area contributed by atoms with Gasteiger partial charge in [0.15, 0.2) is 0 Å². The Morgan fingerprint density at radius 2 is 2.00 bits per heavy atom. The van der Waals surface area contributed by atoms with Gasteiger partial charge in [0.1, 0.15) is 17.0 Å². The van der Waals surface area contributed by atoms with Crippen molar-refractivity contribution in [3.8, 4) is 0 Å². The number of thiophene rings is 1. The molecule has 3 heterocycles. The summed E-state index contributed by atoms with van der Waals surface area (Å²) in [6, 6.07) is 6.75. The highest BCUT2D eigenvalue weighted by molar-refractivity contribution is 7.18. The summed E-state index contributed by atoms with van der Waals surface area (Å²) in [5.41, 5.74) is 5.38. The molecule has 0 atom stereocenters. The molecule has 0 fully saturated rings. The number of fused-ring (bicyclic) bond motifs is 2. The van der Waals surface area contributed by atoms with Gasteiger partial charge in [0, 0.05) is 17.1 Å². The van der Waals surface area contributed by atoms with E-state index in [2.05, 4.69) is 53.8 Å². The van der Waals surface area contributed by atoms with Gasteiger partial charge in [0.2, 0.25) is 0 Å². The molecule has 4 rings (SSSR count). The summed E-state index contributed by atoms with van der Waals surface area (Å²) in [7, 11) is 0. The number of nitrogens with zero attached hydrogens (tertiary/aromatic N) is 3. The van der Waals surface area contributed by atoms with Crippen LogP contribution in [0, 0.1) is 20.8 Å². The number of rotatable bonds is 1. The molecule has 4 heteroatoms. The van der Waals surface area contributed by atoms with E-state index in [1.54, 1.807) is 17.7 Å². The van der Waals surface area contributed by atoms with Crippen LogP contribution in [0.5, 0.6) is 0 Å². The molecule has 1 aliphatic rings. The molecule has 0 N–H and O–H groups in total. The average molecular weight is 309 g/mol. The van der Waals surface area contributed by atoms with Crippen LogP contribution in [0.25, 0.3) is 10.2 Å². The van der Waals surface area contributed by atoms with E-state index in [4.69, 9.17) is 0 Å². The van der Waals surface area contributed by atoms with Crippen molar-refractivity contribution in [1.82, 2.24) is 9.97 Å². The van der Waals surface area contributed by atoms with Crippen LogP contribution in [0.1, 0.15) is 28.0 Å². The van der Waals surface area contributed by atoms with Gasteiger partial charge in [-0.05, 0) is 50.8 Å². The Morgan fingerprint density at radius 1 is 1.14 bits per heavy atom. The number of hydrogen-bond donors (Lipinski definition) is 0. The minimum absolute atomic E-state index is 1.02. The standard InChI is InChI=1S/C18H19N3S/c1-11-6-7-15-14(9-11)5-4-8-21(15)17-16-12(2)13(3)22-18(16)20-10-19-17/h6-7,9-10H,4-5,8H2,1-3H3. The van der Waals surface area contributed by atoms with Crippen molar-refractivity contribution in [3.05, 3.63) is 46.1 Å². The van der Waals surface area contributed by atoms with E-state index in [-0.39, 0.29) is 0 Å². The molecule has 3 nitrogen and oxygen atoms in total. The largest absolute Gasteiger partial charge is 0.325 e. The highest BCUT2D eigenvalue weighted by Gasteiger charge is 2.23. The van der Waals surface area contributed by atoms with Crippen molar-refractivity contribution in [2.24, 2.45) is 0 Å². The van der Waals surface area contributed by atoms with Gasteiger partial charge in [-0.2, -0.15) is 0 Å². The first kappa shape index (κ1) is 13.7. The molecule has 0 saturated heterocycles. The number of benzene rings is 1. The SMILES string of the molecule is Cc1ccc2c(c1)CCCN2c1ncnc2sc(C)c(C)c12. The van der Waals surface area contributed by atoms with E-state index in [1.807, 2.05) is 0 Å². The van der Waals surface area contributed by atoms with Gasteiger partial charge in [-0.3, -0.25) is 0 Å². The molecule has 22 heavy (non-hydrogen) atoms.